The number of carbonyl (C=O) groups excluding carboxylic acids is 1. The quantitative estimate of drug-likeness (QED) is 0.655. The third-order valence-electron chi connectivity index (χ3n) is 3.87. The number of rotatable bonds is 5. The number of amides is 1. The lowest BCUT2D eigenvalue weighted by Gasteiger charge is -1.98. The van der Waals surface area contributed by atoms with Gasteiger partial charge in [-0.25, -0.2) is 4.98 Å². The Kier molecular flexibility index (Phi) is 5.61. The van der Waals surface area contributed by atoms with E-state index < -0.39 is 12.0 Å². The zero-order valence-electron chi connectivity index (χ0n) is 14.9. The van der Waals surface area contributed by atoms with Crippen molar-refractivity contribution in [1.82, 2.24) is 9.36 Å². The maximum absolute atomic E-state index is 12.5. The highest BCUT2D eigenvalue weighted by atomic mass is 32.1. The molecular weight excluding hydrogens is 386 g/mol. The van der Waals surface area contributed by atoms with Gasteiger partial charge in [0.25, 0.3) is 12.0 Å². The summed E-state index contributed by atoms with van der Waals surface area (Å²) in [5, 5.41) is 11.8. The number of hydrogen-bond donors (Lipinski definition) is 1. The number of nitriles is 1. The fraction of sp³-hybridized carbons (Fsp3) is 0.158. The number of nitrogens with zero attached hydrogens (tertiary/aromatic N) is 3. The van der Waals surface area contributed by atoms with Crippen LogP contribution in [0.5, 0.6) is 0 Å². The Morgan fingerprint density at radius 3 is 2.86 bits per heavy atom. The zero-order chi connectivity index (χ0) is 20.3. The number of nitrogens with one attached hydrogen (secondary N) is 1. The molecule has 0 atom stereocenters. The van der Waals surface area contributed by atoms with Gasteiger partial charge in [-0.3, -0.25) is 10.1 Å². The van der Waals surface area contributed by atoms with Crippen molar-refractivity contribution in [3.63, 3.8) is 0 Å². The number of benzene rings is 1. The fourth-order valence-electron chi connectivity index (χ4n) is 2.44. The summed E-state index contributed by atoms with van der Waals surface area (Å²) in [7, 11) is 0. The van der Waals surface area contributed by atoms with E-state index in [-0.39, 0.29) is 22.9 Å². The molecular formula is C19H14F2N4O2S. The second-order valence-corrected chi connectivity index (χ2v) is 6.71. The van der Waals surface area contributed by atoms with Crippen LogP contribution in [0.1, 0.15) is 34.4 Å². The maximum Gasteiger partial charge on any atom is 0.269 e. The average Bonchev–Trinajstić information content (AvgIpc) is 3.28. The second kappa shape index (κ2) is 8.10. The number of allylic oxidation sites excluding steroid dienone is 1. The van der Waals surface area contributed by atoms with Crippen LogP contribution in [-0.4, -0.2) is 15.3 Å². The van der Waals surface area contributed by atoms with Crippen molar-refractivity contribution in [2.75, 3.05) is 5.32 Å². The van der Waals surface area contributed by atoms with E-state index in [0.29, 0.717) is 28.2 Å². The molecule has 2 aromatic heterocycles. The van der Waals surface area contributed by atoms with Gasteiger partial charge in [0.2, 0.25) is 5.13 Å². The summed E-state index contributed by atoms with van der Waals surface area (Å²) < 4.78 is 34.7. The minimum atomic E-state index is -1.76. The van der Waals surface area contributed by atoms with Gasteiger partial charge in [-0.05, 0) is 37.6 Å². The van der Waals surface area contributed by atoms with Gasteiger partial charge in [0, 0.05) is 23.5 Å². The summed E-state index contributed by atoms with van der Waals surface area (Å²) in [5.41, 5.74) is 1.34. The van der Waals surface area contributed by atoms with E-state index in [0.717, 1.165) is 11.5 Å². The molecule has 0 bridgehead atoms. The first kappa shape index (κ1) is 19.4. The van der Waals surface area contributed by atoms with E-state index in [1.165, 1.54) is 6.92 Å². The normalized spacial score (nSPS) is 10.4. The van der Waals surface area contributed by atoms with Crippen molar-refractivity contribution in [2.45, 2.75) is 20.3 Å². The Morgan fingerprint density at radius 2 is 2.14 bits per heavy atom. The van der Waals surface area contributed by atoms with Gasteiger partial charge in [-0.2, -0.15) is 18.4 Å². The lowest BCUT2D eigenvalue weighted by atomic mass is 10.1. The average molecular weight is 400 g/mol. The van der Waals surface area contributed by atoms with E-state index in [9.17, 15) is 13.6 Å². The van der Waals surface area contributed by atoms with Crippen LogP contribution in [0.3, 0.4) is 0 Å². The van der Waals surface area contributed by atoms with Crippen molar-refractivity contribution >= 4 is 22.6 Å². The molecule has 1 amide bonds. The van der Waals surface area contributed by atoms with Gasteiger partial charge in [0.05, 0.1) is 17.2 Å². The van der Waals surface area contributed by atoms with Crippen molar-refractivity contribution in [3.05, 3.63) is 64.7 Å². The van der Waals surface area contributed by atoms with Gasteiger partial charge in [-0.1, -0.05) is 12.1 Å². The number of aryl methyl sites for hydroxylation is 1. The van der Waals surface area contributed by atoms with Crippen LogP contribution in [0.4, 0.5) is 13.9 Å². The van der Waals surface area contributed by atoms with E-state index in [2.05, 4.69) is 20.7 Å². The molecule has 28 heavy (non-hydrogen) atoms. The Balaban J connectivity index is 1.77. The molecule has 6 nitrogen and oxygen atoms in total. The van der Waals surface area contributed by atoms with Crippen molar-refractivity contribution in [1.29, 1.82) is 5.26 Å². The van der Waals surface area contributed by atoms with Gasteiger partial charge in [0.15, 0.2) is 0 Å². The summed E-state index contributed by atoms with van der Waals surface area (Å²) in [6.45, 7) is 2.95. The van der Waals surface area contributed by atoms with E-state index in [1.54, 1.807) is 37.3 Å². The predicted molar refractivity (Wildman–Crippen MR) is 100 cm³/mol. The number of anilines is 1. The SMILES string of the molecule is CC(Cc1nsc(NC(=O)c2cc(-c3cccc(C#N)c3)oc2C)n1)=C(F)F. The molecule has 0 radical (unpaired) electrons. The summed E-state index contributed by atoms with van der Waals surface area (Å²) in [5.74, 6) is 0.619. The highest BCUT2D eigenvalue weighted by Gasteiger charge is 2.18. The number of halogens is 2. The van der Waals surface area contributed by atoms with Gasteiger partial charge >= 0.3 is 0 Å². The minimum absolute atomic E-state index is 0.0845. The molecule has 0 saturated heterocycles. The van der Waals surface area contributed by atoms with Crippen molar-refractivity contribution in [2.24, 2.45) is 0 Å². The topological polar surface area (TPSA) is 91.8 Å². The van der Waals surface area contributed by atoms with Gasteiger partial charge in [-0.15, -0.1) is 0 Å². The summed E-state index contributed by atoms with van der Waals surface area (Å²) in [6.07, 6.45) is -1.85. The Labute approximate surface area is 163 Å². The van der Waals surface area contributed by atoms with Crippen LogP contribution in [0, 0.1) is 18.3 Å². The largest absolute Gasteiger partial charge is 0.461 e. The first-order chi connectivity index (χ1) is 13.4. The lowest BCUT2D eigenvalue weighted by molar-refractivity contribution is 0.102. The molecule has 2 heterocycles. The molecule has 9 heteroatoms. The van der Waals surface area contributed by atoms with Gasteiger partial charge < -0.3 is 4.42 Å². The monoisotopic (exact) mass is 400 g/mol. The smallest absolute Gasteiger partial charge is 0.269 e. The summed E-state index contributed by atoms with van der Waals surface area (Å²) in [4.78, 5) is 16.6. The Morgan fingerprint density at radius 1 is 1.36 bits per heavy atom. The molecule has 3 rings (SSSR count). The molecule has 1 N–H and O–H groups in total. The van der Waals surface area contributed by atoms with Crippen molar-refractivity contribution in [3.8, 4) is 17.4 Å². The molecule has 0 unspecified atom stereocenters. The minimum Gasteiger partial charge on any atom is -0.461 e. The first-order valence-corrected chi connectivity index (χ1v) is 8.90. The number of hydrogen-bond acceptors (Lipinski definition) is 6. The molecule has 0 aliphatic heterocycles. The van der Waals surface area contributed by atoms with Crippen LogP contribution in [0.25, 0.3) is 11.3 Å². The first-order valence-electron chi connectivity index (χ1n) is 8.13. The van der Waals surface area contributed by atoms with Crippen LogP contribution in [-0.2, 0) is 6.42 Å². The lowest BCUT2D eigenvalue weighted by Crippen LogP contribution is -2.12. The molecule has 0 spiro atoms. The second-order valence-electron chi connectivity index (χ2n) is 5.96. The molecule has 1 aromatic carbocycles. The van der Waals surface area contributed by atoms with Crippen LogP contribution in [0.2, 0.25) is 0 Å². The highest BCUT2D eigenvalue weighted by Crippen LogP contribution is 2.27. The Bertz CT molecular complexity index is 1110. The third kappa shape index (κ3) is 4.29. The van der Waals surface area contributed by atoms with Crippen LogP contribution in [0.15, 0.2) is 46.4 Å². The molecule has 3 aromatic rings. The van der Waals surface area contributed by atoms with E-state index >= 15 is 0 Å². The van der Waals surface area contributed by atoms with Crippen LogP contribution >= 0.6 is 11.5 Å². The zero-order valence-corrected chi connectivity index (χ0v) is 15.7. The maximum atomic E-state index is 12.5. The summed E-state index contributed by atoms with van der Waals surface area (Å²) in [6, 6.07) is 10.5. The molecule has 0 saturated carbocycles. The van der Waals surface area contributed by atoms with E-state index in [4.69, 9.17) is 9.68 Å². The Hall–Kier alpha value is -3.38. The molecule has 0 fully saturated rings. The third-order valence-corrected chi connectivity index (χ3v) is 4.54. The number of carbonyl (C=O) groups is 1. The van der Waals surface area contributed by atoms with E-state index in [1.807, 2.05) is 0 Å². The predicted octanol–water partition coefficient (Wildman–Crippen LogP) is 4.94. The number of furan rings is 1. The molecule has 0 aliphatic carbocycles. The van der Waals surface area contributed by atoms with Crippen LogP contribution < -0.4 is 5.32 Å². The standard InChI is InChI=1S/C19H14F2N4O2S/c1-10(17(20)21)6-16-23-19(28-25-16)24-18(26)14-8-15(27-11(14)2)13-5-3-4-12(7-13)9-22/h3-5,7-8H,6H2,1-2H3,(H,23,24,25,26). The van der Waals surface area contributed by atoms with Crippen molar-refractivity contribution < 1.29 is 18.0 Å². The molecule has 142 valence electrons. The highest BCUT2D eigenvalue weighted by molar-refractivity contribution is 7.09. The van der Waals surface area contributed by atoms with Gasteiger partial charge in [0.1, 0.15) is 17.3 Å². The number of aromatic nitrogens is 2. The summed E-state index contributed by atoms with van der Waals surface area (Å²) >= 11 is 0.913. The fourth-order valence-corrected chi connectivity index (χ4v) is 3.02. The molecule has 0 aliphatic rings.